The van der Waals surface area contributed by atoms with Gasteiger partial charge in [-0.2, -0.15) is 0 Å². The average molecular weight is 301 g/mol. The van der Waals surface area contributed by atoms with Crippen LogP contribution >= 0.6 is 0 Å². The van der Waals surface area contributed by atoms with Crippen molar-refractivity contribution in [3.63, 3.8) is 0 Å². The molecule has 0 saturated heterocycles. The number of carbonyl (C=O) groups is 1. The second-order valence-electron chi connectivity index (χ2n) is 4.71. The summed E-state index contributed by atoms with van der Waals surface area (Å²) in [7, 11) is 3.17. The third-order valence-corrected chi connectivity index (χ3v) is 3.16. The van der Waals surface area contributed by atoms with E-state index in [0.29, 0.717) is 35.8 Å². The Hall–Kier alpha value is -2.76. The van der Waals surface area contributed by atoms with E-state index in [-0.39, 0.29) is 5.91 Å². The molecular weight excluding hydrogens is 282 g/mol. The van der Waals surface area contributed by atoms with Crippen LogP contribution in [0.25, 0.3) is 0 Å². The molecule has 1 aromatic heterocycles. The molecule has 3 N–H and O–H groups in total. The van der Waals surface area contributed by atoms with Crippen molar-refractivity contribution in [1.82, 2.24) is 4.98 Å². The minimum absolute atomic E-state index is 0.0821. The van der Waals surface area contributed by atoms with Gasteiger partial charge in [0.2, 0.25) is 5.91 Å². The molecule has 1 aromatic carbocycles. The third-order valence-electron chi connectivity index (χ3n) is 3.16. The second-order valence-corrected chi connectivity index (χ2v) is 4.71. The van der Waals surface area contributed by atoms with Gasteiger partial charge >= 0.3 is 0 Å². The normalized spacial score (nSPS) is 10.1. The molecule has 0 saturated carbocycles. The van der Waals surface area contributed by atoms with E-state index in [0.717, 1.165) is 5.56 Å². The van der Waals surface area contributed by atoms with Crippen LogP contribution in [0.3, 0.4) is 0 Å². The summed E-state index contributed by atoms with van der Waals surface area (Å²) < 4.78 is 10.4. The lowest BCUT2D eigenvalue weighted by molar-refractivity contribution is -0.116. The van der Waals surface area contributed by atoms with Gasteiger partial charge in [-0.1, -0.05) is 6.07 Å². The SMILES string of the molecule is COc1ccc(CCC(=O)Nc2ccc(N)nc2)cc1OC. The summed E-state index contributed by atoms with van der Waals surface area (Å²) in [6.07, 6.45) is 2.50. The van der Waals surface area contributed by atoms with Gasteiger partial charge in [0.05, 0.1) is 26.1 Å². The van der Waals surface area contributed by atoms with Gasteiger partial charge in [-0.05, 0) is 36.2 Å². The van der Waals surface area contributed by atoms with E-state index in [4.69, 9.17) is 15.2 Å². The molecule has 6 nitrogen and oxygen atoms in total. The van der Waals surface area contributed by atoms with Crippen molar-refractivity contribution in [2.45, 2.75) is 12.8 Å². The molecule has 0 radical (unpaired) electrons. The number of rotatable bonds is 6. The maximum absolute atomic E-state index is 11.9. The van der Waals surface area contributed by atoms with Crippen LogP contribution in [0.15, 0.2) is 36.5 Å². The molecular formula is C16H19N3O3. The number of anilines is 2. The molecule has 22 heavy (non-hydrogen) atoms. The highest BCUT2D eigenvalue weighted by Gasteiger charge is 2.07. The number of nitrogens with two attached hydrogens (primary N) is 1. The Bertz CT molecular complexity index is 642. The van der Waals surface area contributed by atoms with Crippen LogP contribution in [-0.2, 0) is 11.2 Å². The zero-order chi connectivity index (χ0) is 15.9. The molecule has 0 spiro atoms. The van der Waals surface area contributed by atoms with Gasteiger partial charge in [-0.25, -0.2) is 4.98 Å². The number of amides is 1. The number of ether oxygens (including phenoxy) is 2. The summed E-state index contributed by atoms with van der Waals surface area (Å²) in [5.74, 6) is 1.66. The molecule has 0 aliphatic carbocycles. The summed E-state index contributed by atoms with van der Waals surface area (Å²) >= 11 is 0. The van der Waals surface area contributed by atoms with Gasteiger partial charge in [0, 0.05) is 6.42 Å². The van der Waals surface area contributed by atoms with Crippen molar-refractivity contribution < 1.29 is 14.3 Å². The van der Waals surface area contributed by atoms with Crippen LogP contribution in [0.5, 0.6) is 11.5 Å². The number of pyridine rings is 1. The quantitative estimate of drug-likeness (QED) is 0.854. The van der Waals surface area contributed by atoms with E-state index >= 15 is 0 Å². The van der Waals surface area contributed by atoms with Crippen molar-refractivity contribution in [1.29, 1.82) is 0 Å². The summed E-state index contributed by atoms with van der Waals surface area (Å²) in [4.78, 5) is 15.8. The Kier molecular flexibility index (Phi) is 5.19. The average Bonchev–Trinajstić information content (AvgIpc) is 2.54. The van der Waals surface area contributed by atoms with Crippen LogP contribution in [0.2, 0.25) is 0 Å². The number of nitrogens with zero attached hydrogens (tertiary/aromatic N) is 1. The molecule has 0 aliphatic heterocycles. The highest BCUT2D eigenvalue weighted by atomic mass is 16.5. The van der Waals surface area contributed by atoms with Crippen molar-refractivity contribution >= 4 is 17.4 Å². The Labute approximate surface area is 129 Å². The lowest BCUT2D eigenvalue weighted by atomic mass is 10.1. The van der Waals surface area contributed by atoms with Gasteiger partial charge in [0.1, 0.15) is 5.82 Å². The van der Waals surface area contributed by atoms with Crippen molar-refractivity contribution in [2.24, 2.45) is 0 Å². The van der Waals surface area contributed by atoms with Crippen LogP contribution in [0, 0.1) is 0 Å². The van der Waals surface area contributed by atoms with Crippen LogP contribution in [0.1, 0.15) is 12.0 Å². The fraction of sp³-hybridized carbons (Fsp3) is 0.250. The van der Waals surface area contributed by atoms with E-state index in [2.05, 4.69) is 10.3 Å². The molecule has 0 bridgehead atoms. The maximum Gasteiger partial charge on any atom is 0.224 e. The lowest BCUT2D eigenvalue weighted by Crippen LogP contribution is -2.12. The highest BCUT2D eigenvalue weighted by Crippen LogP contribution is 2.28. The Morgan fingerprint density at radius 2 is 1.95 bits per heavy atom. The highest BCUT2D eigenvalue weighted by molar-refractivity contribution is 5.90. The molecule has 0 aliphatic rings. The first-order valence-corrected chi connectivity index (χ1v) is 6.84. The number of benzene rings is 1. The molecule has 2 rings (SSSR count). The van der Waals surface area contributed by atoms with Crippen molar-refractivity contribution in [3.8, 4) is 11.5 Å². The van der Waals surface area contributed by atoms with E-state index in [1.54, 1.807) is 26.4 Å². The molecule has 0 fully saturated rings. The molecule has 0 atom stereocenters. The first-order valence-electron chi connectivity index (χ1n) is 6.84. The summed E-state index contributed by atoms with van der Waals surface area (Å²) in [6, 6.07) is 8.98. The fourth-order valence-corrected chi connectivity index (χ4v) is 2.00. The van der Waals surface area contributed by atoms with Gasteiger partial charge in [-0.15, -0.1) is 0 Å². The Morgan fingerprint density at radius 3 is 2.59 bits per heavy atom. The molecule has 2 aromatic rings. The van der Waals surface area contributed by atoms with Crippen LogP contribution < -0.4 is 20.5 Å². The Morgan fingerprint density at radius 1 is 1.18 bits per heavy atom. The van der Waals surface area contributed by atoms with Crippen molar-refractivity contribution in [3.05, 3.63) is 42.1 Å². The minimum Gasteiger partial charge on any atom is -0.493 e. The summed E-state index contributed by atoms with van der Waals surface area (Å²) in [6.45, 7) is 0. The maximum atomic E-state index is 11.9. The van der Waals surface area contributed by atoms with E-state index in [9.17, 15) is 4.79 Å². The van der Waals surface area contributed by atoms with E-state index in [1.165, 1.54) is 6.20 Å². The Balaban J connectivity index is 1.92. The first kappa shape index (κ1) is 15.6. The first-order chi connectivity index (χ1) is 10.6. The number of hydrogen-bond donors (Lipinski definition) is 2. The largest absolute Gasteiger partial charge is 0.493 e. The smallest absolute Gasteiger partial charge is 0.224 e. The second kappa shape index (κ2) is 7.31. The molecule has 116 valence electrons. The molecule has 1 heterocycles. The van der Waals surface area contributed by atoms with Crippen LogP contribution in [0.4, 0.5) is 11.5 Å². The van der Waals surface area contributed by atoms with Crippen LogP contribution in [-0.4, -0.2) is 25.1 Å². The fourth-order valence-electron chi connectivity index (χ4n) is 2.00. The number of nitrogen functional groups attached to an aromatic ring is 1. The number of carbonyl (C=O) groups excluding carboxylic acids is 1. The van der Waals surface area contributed by atoms with Gasteiger partial charge in [-0.3, -0.25) is 4.79 Å². The number of nitrogens with one attached hydrogen (secondary N) is 1. The number of hydrogen-bond acceptors (Lipinski definition) is 5. The number of aryl methyl sites for hydroxylation is 1. The van der Waals surface area contributed by atoms with Gasteiger partial charge in [0.15, 0.2) is 11.5 Å². The topological polar surface area (TPSA) is 86.5 Å². The van der Waals surface area contributed by atoms with E-state index < -0.39 is 0 Å². The molecule has 1 amide bonds. The van der Waals surface area contributed by atoms with Gasteiger partial charge in [0.25, 0.3) is 0 Å². The zero-order valence-electron chi connectivity index (χ0n) is 12.6. The summed E-state index contributed by atoms with van der Waals surface area (Å²) in [5.41, 5.74) is 7.13. The molecule has 6 heteroatoms. The number of aromatic nitrogens is 1. The predicted molar refractivity (Wildman–Crippen MR) is 85.1 cm³/mol. The molecule has 0 unspecified atom stereocenters. The number of methoxy groups -OCH3 is 2. The monoisotopic (exact) mass is 301 g/mol. The summed E-state index contributed by atoms with van der Waals surface area (Å²) in [5, 5.41) is 2.78. The zero-order valence-corrected chi connectivity index (χ0v) is 12.6. The van der Waals surface area contributed by atoms with E-state index in [1.807, 2.05) is 18.2 Å². The lowest BCUT2D eigenvalue weighted by Gasteiger charge is -2.09. The third kappa shape index (κ3) is 4.12. The van der Waals surface area contributed by atoms with Gasteiger partial charge < -0.3 is 20.5 Å². The minimum atomic E-state index is -0.0821. The standard InChI is InChI=1S/C16H19N3O3/c1-21-13-6-3-11(9-14(13)22-2)4-8-16(20)19-12-5-7-15(17)18-10-12/h3,5-7,9-10H,4,8H2,1-2H3,(H2,17,18)(H,19,20). The predicted octanol–water partition coefficient (Wildman–Crippen LogP) is 2.25. The van der Waals surface area contributed by atoms with Crippen molar-refractivity contribution in [2.75, 3.05) is 25.3 Å².